The SMILES string of the molecule is CCOC1(C(CC2CCOCC2)NN)CCC(C)CC1. The summed E-state index contributed by atoms with van der Waals surface area (Å²) >= 11 is 0. The van der Waals surface area contributed by atoms with Crippen molar-refractivity contribution < 1.29 is 9.47 Å². The number of rotatable bonds is 6. The van der Waals surface area contributed by atoms with Crippen molar-refractivity contribution in [1.29, 1.82) is 0 Å². The van der Waals surface area contributed by atoms with Gasteiger partial charge in [0.25, 0.3) is 0 Å². The zero-order valence-electron chi connectivity index (χ0n) is 13.2. The van der Waals surface area contributed by atoms with Crippen LogP contribution < -0.4 is 11.3 Å². The summed E-state index contributed by atoms with van der Waals surface area (Å²) in [5, 5.41) is 0. The van der Waals surface area contributed by atoms with Crippen LogP contribution in [0.15, 0.2) is 0 Å². The maximum Gasteiger partial charge on any atom is 0.0848 e. The Labute approximate surface area is 123 Å². The lowest BCUT2D eigenvalue weighted by molar-refractivity contribution is -0.103. The van der Waals surface area contributed by atoms with Gasteiger partial charge in [0, 0.05) is 19.8 Å². The van der Waals surface area contributed by atoms with Crippen LogP contribution in [0.4, 0.5) is 0 Å². The van der Waals surface area contributed by atoms with Gasteiger partial charge in [0.1, 0.15) is 0 Å². The molecule has 3 N–H and O–H groups in total. The van der Waals surface area contributed by atoms with Gasteiger partial charge in [-0.15, -0.1) is 0 Å². The molecule has 0 radical (unpaired) electrons. The van der Waals surface area contributed by atoms with E-state index < -0.39 is 0 Å². The Hall–Kier alpha value is -0.160. The molecular formula is C16H32N2O2. The Morgan fingerprint density at radius 1 is 1.25 bits per heavy atom. The first-order valence-electron chi connectivity index (χ1n) is 8.38. The van der Waals surface area contributed by atoms with Gasteiger partial charge in [0.2, 0.25) is 0 Å². The van der Waals surface area contributed by atoms with Gasteiger partial charge in [0.05, 0.1) is 11.6 Å². The largest absolute Gasteiger partial charge is 0.381 e. The fourth-order valence-corrected chi connectivity index (χ4v) is 3.88. The van der Waals surface area contributed by atoms with E-state index in [0.29, 0.717) is 0 Å². The summed E-state index contributed by atoms with van der Waals surface area (Å²) in [6, 6.07) is 0.276. The van der Waals surface area contributed by atoms with Crippen LogP contribution in [-0.4, -0.2) is 31.5 Å². The average molecular weight is 284 g/mol. The fourth-order valence-electron chi connectivity index (χ4n) is 3.88. The van der Waals surface area contributed by atoms with Gasteiger partial charge in [-0.2, -0.15) is 0 Å². The highest BCUT2D eigenvalue weighted by atomic mass is 16.5. The number of nitrogens with two attached hydrogens (primary N) is 1. The molecule has 2 fully saturated rings. The van der Waals surface area contributed by atoms with Crippen molar-refractivity contribution in [1.82, 2.24) is 5.43 Å². The van der Waals surface area contributed by atoms with Crippen LogP contribution in [0.25, 0.3) is 0 Å². The quantitative estimate of drug-likeness (QED) is 0.581. The van der Waals surface area contributed by atoms with Gasteiger partial charge < -0.3 is 9.47 Å². The summed E-state index contributed by atoms with van der Waals surface area (Å²) in [6.45, 7) is 7.03. The van der Waals surface area contributed by atoms with Gasteiger partial charge >= 0.3 is 0 Å². The van der Waals surface area contributed by atoms with Gasteiger partial charge in [-0.3, -0.25) is 11.3 Å². The van der Waals surface area contributed by atoms with E-state index in [2.05, 4.69) is 19.3 Å². The third-order valence-corrected chi connectivity index (χ3v) is 5.30. The van der Waals surface area contributed by atoms with E-state index in [9.17, 15) is 0 Å². The Balaban J connectivity index is 2.00. The van der Waals surface area contributed by atoms with Gasteiger partial charge in [-0.25, -0.2) is 0 Å². The molecule has 2 aliphatic rings. The number of hydrazine groups is 1. The van der Waals surface area contributed by atoms with Crippen molar-refractivity contribution in [3.8, 4) is 0 Å². The second-order valence-corrected chi connectivity index (χ2v) is 6.69. The third kappa shape index (κ3) is 3.94. The van der Waals surface area contributed by atoms with E-state index in [0.717, 1.165) is 63.8 Å². The van der Waals surface area contributed by atoms with E-state index in [1.54, 1.807) is 0 Å². The molecule has 0 spiro atoms. The molecule has 1 saturated heterocycles. The number of hydrogen-bond acceptors (Lipinski definition) is 4. The monoisotopic (exact) mass is 284 g/mol. The molecule has 1 atom stereocenters. The highest BCUT2D eigenvalue weighted by Gasteiger charge is 2.42. The Bertz CT molecular complexity index is 272. The maximum absolute atomic E-state index is 6.24. The summed E-state index contributed by atoms with van der Waals surface area (Å²) in [5.74, 6) is 7.46. The topological polar surface area (TPSA) is 56.5 Å². The van der Waals surface area contributed by atoms with E-state index in [4.69, 9.17) is 15.3 Å². The van der Waals surface area contributed by atoms with Crippen molar-refractivity contribution in [3.63, 3.8) is 0 Å². The molecule has 118 valence electrons. The zero-order valence-corrected chi connectivity index (χ0v) is 13.2. The van der Waals surface area contributed by atoms with Crippen LogP contribution in [0.1, 0.15) is 58.8 Å². The molecule has 1 aliphatic carbocycles. The lowest BCUT2D eigenvalue weighted by Gasteiger charge is -2.45. The molecule has 2 rings (SSSR count). The average Bonchev–Trinajstić information content (AvgIpc) is 2.49. The summed E-state index contributed by atoms with van der Waals surface area (Å²) in [4.78, 5) is 0. The first-order chi connectivity index (χ1) is 9.70. The van der Waals surface area contributed by atoms with Crippen LogP contribution in [0.3, 0.4) is 0 Å². The van der Waals surface area contributed by atoms with E-state index in [1.165, 1.54) is 12.8 Å². The molecule has 1 saturated carbocycles. The highest BCUT2D eigenvalue weighted by molar-refractivity contribution is 4.97. The predicted octanol–water partition coefficient (Wildman–Crippen LogP) is 2.62. The molecule has 20 heavy (non-hydrogen) atoms. The number of nitrogens with one attached hydrogen (secondary N) is 1. The second-order valence-electron chi connectivity index (χ2n) is 6.69. The molecule has 0 aromatic rings. The van der Waals surface area contributed by atoms with Crippen molar-refractivity contribution in [2.75, 3.05) is 19.8 Å². The Kier molecular flexibility index (Phi) is 6.27. The molecule has 0 aromatic heterocycles. The molecule has 1 aliphatic heterocycles. The van der Waals surface area contributed by atoms with Crippen molar-refractivity contribution >= 4 is 0 Å². The van der Waals surface area contributed by atoms with Crippen LogP contribution in [0.5, 0.6) is 0 Å². The minimum atomic E-state index is -0.0473. The maximum atomic E-state index is 6.24. The lowest BCUT2D eigenvalue weighted by atomic mass is 9.72. The fraction of sp³-hybridized carbons (Fsp3) is 1.00. The van der Waals surface area contributed by atoms with E-state index in [-0.39, 0.29) is 11.6 Å². The van der Waals surface area contributed by atoms with Crippen molar-refractivity contribution in [3.05, 3.63) is 0 Å². The molecule has 0 aromatic carbocycles. The number of ether oxygens (including phenoxy) is 2. The second kappa shape index (κ2) is 7.74. The van der Waals surface area contributed by atoms with Crippen LogP contribution in [0.2, 0.25) is 0 Å². The van der Waals surface area contributed by atoms with Crippen LogP contribution in [-0.2, 0) is 9.47 Å². The standard InChI is InChI=1S/C16H32N2O2/c1-3-20-16(8-4-13(2)5-9-16)15(18-17)12-14-6-10-19-11-7-14/h13-15,18H,3-12,17H2,1-2H3. The van der Waals surface area contributed by atoms with Gasteiger partial charge in [-0.1, -0.05) is 6.92 Å². The molecule has 4 heteroatoms. The van der Waals surface area contributed by atoms with Gasteiger partial charge in [-0.05, 0) is 63.7 Å². The van der Waals surface area contributed by atoms with Gasteiger partial charge in [0.15, 0.2) is 0 Å². The van der Waals surface area contributed by atoms with Crippen molar-refractivity contribution in [2.45, 2.75) is 70.4 Å². The van der Waals surface area contributed by atoms with Crippen molar-refractivity contribution in [2.24, 2.45) is 17.7 Å². The minimum absolute atomic E-state index is 0.0473. The first-order valence-corrected chi connectivity index (χ1v) is 8.38. The Morgan fingerprint density at radius 2 is 1.90 bits per heavy atom. The molecule has 4 nitrogen and oxygen atoms in total. The Morgan fingerprint density at radius 3 is 2.45 bits per heavy atom. The molecule has 0 bridgehead atoms. The molecule has 0 amide bonds. The zero-order chi connectivity index (χ0) is 14.4. The number of hydrogen-bond donors (Lipinski definition) is 2. The summed E-state index contributed by atoms with van der Waals surface area (Å²) in [7, 11) is 0. The minimum Gasteiger partial charge on any atom is -0.381 e. The first kappa shape index (κ1) is 16.2. The van der Waals surface area contributed by atoms with E-state index >= 15 is 0 Å². The third-order valence-electron chi connectivity index (χ3n) is 5.30. The van der Waals surface area contributed by atoms with Crippen LogP contribution in [0, 0.1) is 11.8 Å². The summed E-state index contributed by atoms with van der Waals surface area (Å²) in [6.07, 6.45) is 8.24. The van der Waals surface area contributed by atoms with E-state index in [1.807, 2.05) is 0 Å². The lowest BCUT2D eigenvalue weighted by Crippen LogP contribution is -2.57. The normalized spacial score (nSPS) is 34.0. The summed E-state index contributed by atoms with van der Waals surface area (Å²) in [5.41, 5.74) is 3.05. The molecular weight excluding hydrogens is 252 g/mol. The smallest absolute Gasteiger partial charge is 0.0848 e. The highest BCUT2D eigenvalue weighted by Crippen LogP contribution is 2.39. The van der Waals surface area contributed by atoms with Crippen LogP contribution >= 0.6 is 0 Å². The molecule has 1 heterocycles. The predicted molar refractivity (Wildman–Crippen MR) is 81.3 cm³/mol. The summed E-state index contributed by atoms with van der Waals surface area (Å²) < 4.78 is 11.7. The molecule has 1 unspecified atom stereocenters.